The van der Waals surface area contributed by atoms with Crippen molar-refractivity contribution in [3.63, 3.8) is 0 Å². The maximum Gasteiger partial charge on any atom is 0.141 e. The van der Waals surface area contributed by atoms with Crippen molar-refractivity contribution in [2.24, 2.45) is 5.73 Å². The van der Waals surface area contributed by atoms with Gasteiger partial charge in [-0.25, -0.2) is 0 Å². The lowest BCUT2D eigenvalue weighted by atomic mass is 9.99. The second-order valence-corrected chi connectivity index (χ2v) is 4.11. The summed E-state index contributed by atoms with van der Waals surface area (Å²) in [5, 5.41) is 3.96. The Hall–Kier alpha value is -1.61. The zero-order valence-electron chi connectivity index (χ0n) is 9.82. The third kappa shape index (κ3) is 1.86. The van der Waals surface area contributed by atoms with E-state index in [-0.39, 0.29) is 6.04 Å². The van der Waals surface area contributed by atoms with Crippen LogP contribution in [-0.2, 0) is 0 Å². The third-order valence-electron chi connectivity index (χ3n) is 2.73. The molecule has 0 saturated carbocycles. The van der Waals surface area contributed by atoms with E-state index in [1.165, 1.54) is 0 Å². The van der Waals surface area contributed by atoms with Crippen LogP contribution in [-0.4, -0.2) is 5.16 Å². The Labute approximate surface area is 95.3 Å². The quantitative estimate of drug-likeness (QED) is 0.839. The summed E-state index contributed by atoms with van der Waals surface area (Å²) in [7, 11) is 0. The highest BCUT2D eigenvalue weighted by Gasteiger charge is 2.12. The second-order valence-electron chi connectivity index (χ2n) is 4.11. The normalized spacial score (nSPS) is 12.8. The highest BCUT2D eigenvalue weighted by Crippen LogP contribution is 2.28. The van der Waals surface area contributed by atoms with E-state index in [9.17, 15) is 0 Å². The summed E-state index contributed by atoms with van der Waals surface area (Å²) in [4.78, 5) is 0. The molecule has 0 radical (unpaired) electrons. The fourth-order valence-corrected chi connectivity index (χ4v) is 1.87. The van der Waals surface area contributed by atoms with Crippen LogP contribution in [0.1, 0.15) is 30.0 Å². The average molecular weight is 216 g/mol. The lowest BCUT2D eigenvalue weighted by Gasteiger charge is -2.07. The van der Waals surface area contributed by atoms with Crippen LogP contribution >= 0.6 is 0 Å². The van der Waals surface area contributed by atoms with E-state index in [0.717, 1.165) is 28.1 Å². The van der Waals surface area contributed by atoms with Crippen molar-refractivity contribution in [1.82, 2.24) is 5.16 Å². The van der Waals surface area contributed by atoms with Gasteiger partial charge >= 0.3 is 0 Å². The lowest BCUT2D eigenvalue weighted by Crippen LogP contribution is -2.04. The third-order valence-corrected chi connectivity index (χ3v) is 2.73. The topological polar surface area (TPSA) is 52.0 Å². The van der Waals surface area contributed by atoms with Gasteiger partial charge in [-0.05, 0) is 38.0 Å². The van der Waals surface area contributed by atoms with Crippen molar-refractivity contribution in [2.75, 3.05) is 0 Å². The molecule has 0 unspecified atom stereocenters. The Kier molecular flexibility index (Phi) is 2.79. The Morgan fingerprint density at radius 3 is 2.62 bits per heavy atom. The number of nitrogens with two attached hydrogens (primary N) is 1. The predicted molar refractivity (Wildman–Crippen MR) is 64.0 cm³/mol. The van der Waals surface area contributed by atoms with Crippen LogP contribution in [0.25, 0.3) is 11.1 Å². The van der Waals surface area contributed by atoms with Crippen molar-refractivity contribution in [3.8, 4) is 11.1 Å². The zero-order chi connectivity index (χ0) is 11.7. The van der Waals surface area contributed by atoms with Crippen molar-refractivity contribution in [1.29, 1.82) is 0 Å². The van der Waals surface area contributed by atoms with Gasteiger partial charge in [0.2, 0.25) is 0 Å². The summed E-state index contributed by atoms with van der Waals surface area (Å²) in [6.07, 6.45) is 0. The minimum absolute atomic E-state index is 0.0421. The molecule has 2 N–H and O–H groups in total. The van der Waals surface area contributed by atoms with Gasteiger partial charge in [-0.1, -0.05) is 23.4 Å². The maximum atomic E-state index is 5.87. The van der Waals surface area contributed by atoms with E-state index in [0.29, 0.717) is 0 Å². The van der Waals surface area contributed by atoms with Crippen LogP contribution in [0.5, 0.6) is 0 Å². The monoisotopic (exact) mass is 216 g/mol. The van der Waals surface area contributed by atoms with E-state index in [2.05, 4.69) is 17.3 Å². The van der Waals surface area contributed by atoms with Gasteiger partial charge in [-0.2, -0.15) is 0 Å². The first-order chi connectivity index (χ1) is 7.59. The van der Waals surface area contributed by atoms with Gasteiger partial charge in [0.1, 0.15) is 5.76 Å². The molecule has 0 aliphatic rings. The van der Waals surface area contributed by atoms with Crippen LogP contribution in [0.15, 0.2) is 28.8 Å². The summed E-state index contributed by atoms with van der Waals surface area (Å²) in [6, 6.07) is 8.24. The number of aryl methyl sites for hydroxylation is 2. The molecular formula is C13H16N2O. The molecule has 0 saturated heterocycles. The average Bonchev–Trinajstić information content (AvgIpc) is 2.59. The van der Waals surface area contributed by atoms with Crippen LogP contribution in [0.2, 0.25) is 0 Å². The highest BCUT2D eigenvalue weighted by atomic mass is 16.5. The summed E-state index contributed by atoms with van der Waals surface area (Å²) in [6.45, 7) is 5.85. The summed E-state index contributed by atoms with van der Waals surface area (Å²) in [5.74, 6) is 0.847. The molecule has 0 spiro atoms. The SMILES string of the molecule is Cc1noc(C)c1-c1cccc([C@H](C)N)c1. The van der Waals surface area contributed by atoms with Gasteiger partial charge in [0.15, 0.2) is 0 Å². The lowest BCUT2D eigenvalue weighted by molar-refractivity contribution is 0.393. The fourth-order valence-electron chi connectivity index (χ4n) is 1.87. The van der Waals surface area contributed by atoms with E-state index in [4.69, 9.17) is 10.3 Å². The smallest absolute Gasteiger partial charge is 0.141 e. The largest absolute Gasteiger partial charge is 0.361 e. The first-order valence-corrected chi connectivity index (χ1v) is 5.38. The molecule has 1 heterocycles. The second kappa shape index (κ2) is 4.10. The molecule has 1 aromatic carbocycles. The van der Waals surface area contributed by atoms with Crippen molar-refractivity contribution >= 4 is 0 Å². The Morgan fingerprint density at radius 1 is 1.31 bits per heavy atom. The highest BCUT2D eigenvalue weighted by molar-refractivity contribution is 5.68. The standard InChI is InChI=1S/C13H16N2O/c1-8(14)11-5-4-6-12(7-11)13-9(2)15-16-10(13)3/h4-8H,14H2,1-3H3/t8-/m0/s1. The molecule has 0 fully saturated rings. The minimum Gasteiger partial charge on any atom is -0.361 e. The van der Waals surface area contributed by atoms with Crippen molar-refractivity contribution in [3.05, 3.63) is 41.3 Å². The first kappa shape index (κ1) is 10.9. The zero-order valence-corrected chi connectivity index (χ0v) is 9.82. The van der Waals surface area contributed by atoms with Crippen LogP contribution in [0.4, 0.5) is 0 Å². The van der Waals surface area contributed by atoms with Gasteiger partial charge < -0.3 is 10.3 Å². The van der Waals surface area contributed by atoms with E-state index >= 15 is 0 Å². The summed E-state index contributed by atoms with van der Waals surface area (Å²) >= 11 is 0. The number of nitrogens with zero attached hydrogens (tertiary/aromatic N) is 1. The van der Waals surface area contributed by atoms with Gasteiger partial charge in [0.05, 0.1) is 5.69 Å². The molecule has 2 rings (SSSR count). The number of benzene rings is 1. The Bertz CT molecular complexity index is 481. The van der Waals surface area contributed by atoms with Gasteiger partial charge in [0, 0.05) is 11.6 Å². The van der Waals surface area contributed by atoms with Gasteiger partial charge in [-0.3, -0.25) is 0 Å². The summed E-state index contributed by atoms with van der Waals surface area (Å²) in [5.41, 5.74) is 10.1. The molecule has 3 heteroatoms. The molecule has 0 aliphatic heterocycles. The van der Waals surface area contributed by atoms with Crippen LogP contribution in [0, 0.1) is 13.8 Å². The predicted octanol–water partition coefficient (Wildman–Crippen LogP) is 2.98. The maximum absolute atomic E-state index is 5.87. The first-order valence-electron chi connectivity index (χ1n) is 5.38. The number of hydrogen-bond acceptors (Lipinski definition) is 3. The van der Waals surface area contributed by atoms with E-state index < -0.39 is 0 Å². The van der Waals surface area contributed by atoms with Gasteiger partial charge in [-0.15, -0.1) is 0 Å². The Morgan fingerprint density at radius 2 is 2.06 bits per heavy atom. The molecule has 16 heavy (non-hydrogen) atoms. The van der Waals surface area contributed by atoms with Crippen molar-refractivity contribution in [2.45, 2.75) is 26.8 Å². The van der Waals surface area contributed by atoms with E-state index in [1.807, 2.05) is 32.9 Å². The van der Waals surface area contributed by atoms with Gasteiger partial charge in [0.25, 0.3) is 0 Å². The molecular weight excluding hydrogens is 200 g/mol. The van der Waals surface area contributed by atoms with Crippen LogP contribution in [0.3, 0.4) is 0 Å². The number of hydrogen-bond donors (Lipinski definition) is 1. The number of rotatable bonds is 2. The molecule has 2 aromatic rings. The molecule has 0 amide bonds. The molecule has 1 atom stereocenters. The van der Waals surface area contributed by atoms with E-state index in [1.54, 1.807) is 0 Å². The molecule has 84 valence electrons. The minimum atomic E-state index is 0.0421. The molecule has 0 bridgehead atoms. The fraction of sp³-hybridized carbons (Fsp3) is 0.308. The van der Waals surface area contributed by atoms with Crippen molar-refractivity contribution < 1.29 is 4.52 Å². The molecule has 1 aromatic heterocycles. The number of aromatic nitrogens is 1. The summed E-state index contributed by atoms with van der Waals surface area (Å²) < 4.78 is 5.17. The Balaban J connectivity index is 2.52. The molecule has 3 nitrogen and oxygen atoms in total. The van der Waals surface area contributed by atoms with Crippen LogP contribution < -0.4 is 5.73 Å². The molecule has 0 aliphatic carbocycles.